The van der Waals surface area contributed by atoms with Crippen LogP contribution >= 0.6 is 11.8 Å². The number of hydrogen-bond donors (Lipinski definition) is 1. The van der Waals surface area contributed by atoms with Gasteiger partial charge in [-0.25, -0.2) is 0 Å². The van der Waals surface area contributed by atoms with Gasteiger partial charge in [0.15, 0.2) is 5.76 Å². The van der Waals surface area contributed by atoms with Crippen molar-refractivity contribution in [2.75, 3.05) is 19.8 Å². The van der Waals surface area contributed by atoms with Gasteiger partial charge in [-0.05, 0) is 31.0 Å². The summed E-state index contributed by atoms with van der Waals surface area (Å²) in [6, 6.07) is 12.5. The van der Waals surface area contributed by atoms with E-state index in [1.807, 2.05) is 30.3 Å². The number of thioether (sulfide) groups is 1. The third-order valence-electron chi connectivity index (χ3n) is 4.05. The van der Waals surface area contributed by atoms with E-state index >= 15 is 0 Å². The number of carbonyl (C=O) groups excluding carboxylic acids is 1. The molecule has 1 aliphatic heterocycles. The fourth-order valence-electron chi connectivity index (χ4n) is 2.67. The SMILES string of the molecule is O=C(NCC1(Sc2ccccc2)CCOCC1)c1ccc([N+](=O)[O-])o1. The zero-order valence-corrected chi connectivity index (χ0v) is 14.3. The Morgan fingerprint density at radius 1 is 1.20 bits per heavy atom. The van der Waals surface area contributed by atoms with Gasteiger partial charge < -0.3 is 14.5 Å². The molecule has 0 spiro atoms. The molecular formula is C17H18N2O5S. The zero-order valence-electron chi connectivity index (χ0n) is 13.5. The fraction of sp³-hybridized carbons (Fsp3) is 0.353. The van der Waals surface area contributed by atoms with E-state index in [0.29, 0.717) is 19.8 Å². The number of carbonyl (C=O) groups is 1. The lowest BCUT2D eigenvalue weighted by molar-refractivity contribution is -0.402. The molecule has 0 saturated carbocycles. The summed E-state index contributed by atoms with van der Waals surface area (Å²) < 4.78 is 10.2. The Hall–Kier alpha value is -2.32. The van der Waals surface area contributed by atoms with Crippen molar-refractivity contribution in [3.63, 3.8) is 0 Å². The van der Waals surface area contributed by atoms with Crippen LogP contribution in [0.5, 0.6) is 0 Å². The highest BCUT2D eigenvalue weighted by atomic mass is 32.2. The maximum atomic E-state index is 12.2. The van der Waals surface area contributed by atoms with Crippen molar-refractivity contribution < 1.29 is 18.9 Å². The summed E-state index contributed by atoms with van der Waals surface area (Å²) in [4.78, 5) is 23.4. The molecule has 1 saturated heterocycles. The number of furan rings is 1. The number of nitro groups is 1. The van der Waals surface area contributed by atoms with Crippen LogP contribution in [0.15, 0.2) is 51.8 Å². The molecular weight excluding hydrogens is 344 g/mol. The fourth-order valence-corrected chi connectivity index (χ4v) is 3.98. The van der Waals surface area contributed by atoms with Gasteiger partial charge in [0.2, 0.25) is 0 Å². The van der Waals surface area contributed by atoms with Gasteiger partial charge in [0, 0.05) is 29.4 Å². The van der Waals surface area contributed by atoms with Crippen molar-refractivity contribution in [2.45, 2.75) is 22.5 Å². The topological polar surface area (TPSA) is 94.6 Å². The van der Waals surface area contributed by atoms with Crippen LogP contribution in [0.1, 0.15) is 23.4 Å². The lowest BCUT2D eigenvalue weighted by Gasteiger charge is -2.36. The van der Waals surface area contributed by atoms with Gasteiger partial charge in [-0.3, -0.25) is 14.9 Å². The lowest BCUT2D eigenvalue weighted by atomic mass is 9.99. The number of rotatable bonds is 6. The highest BCUT2D eigenvalue weighted by molar-refractivity contribution is 8.00. The summed E-state index contributed by atoms with van der Waals surface area (Å²) in [7, 11) is 0. The average Bonchev–Trinajstić information content (AvgIpc) is 3.12. The molecule has 2 heterocycles. The Balaban J connectivity index is 1.67. The van der Waals surface area contributed by atoms with E-state index in [2.05, 4.69) is 5.32 Å². The van der Waals surface area contributed by atoms with E-state index in [1.54, 1.807) is 11.8 Å². The largest absolute Gasteiger partial charge is 0.433 e. The minimum Gasteiger partial charge on any atom is -0.395 e. The monoisotopic (exact) mass is 362 g/mol. The van der Waals surface area contributed by atoms with Crippen LogP contribution in [0.3, 0.4) is 0 Å². The predicted octanol–water partition coefficient (Wildman–Crippen LogP) is 3.26. The normalized spacial score (nSPS) is 16.3. The Morgan fingerprint density at radius 2 is 1.92 bits per heavy atom. The number of ether oxygens (including phenoxy) is 1. The summed E-state index contributed by atoms with van der Waals surface area (Å²) >= 11 is 1.73. The van der Waals surface area contributed by atoms with Crippen molar-refractivity contribution in [1.29, 1.82) is 0 Å². The maximum Gasteiger partial charge on any atom is 0.433 e. The first kappa shape index (κ1) is 17.5. The van der Waals surface area contributed by atoms with Crippen LogP contribution < -0.4 is 5.32 Å². The highest BCUT2D eigenvalue weighted by Crippen LogP contribution is 2.40. The highest BCUT2D eigenvalue weighted by Gasteiger charge is 2.34. The molecule has 8 heteroatoms. The third kappa shape index (κ3) is 4.40. The Morgan fingerprint density at radius 3 is 2.56 bits per heavy atom. The summed E-state index contributed by atoms with van der Waals surface area (Å²) in [6.45, 7) is 1.72. The second-order valence-electron chi connectivity index (χ2n) is 5.79. The summed E-state index contributed by atoms with van der Waals surface area (Å²) in [5.74, 6) is -0.948. The Bertz CT molecular complexity index is 741. The van der Waals surface area contributed by atoms with E-state index in [-0.39, 0.29) is 10.5 Å². The molecule has 0 bridgehead atoms. The second kappa shape index (κ2) is 7.71. The molecule has 1 N–H and O–H groups in total. The number of nitrogens with one attached hydrogen (secondary N) is 1. The zero-order chi connectivity index (χ0) is 17.7. The molecule has 0 atom stereocenters. The van der Waals surface area contributed by atoms with Gasteiger partial charge in [-0.1, -0.05) is 18.2 Å². The van der Waals surface area contributed by atoms with E-state index < -0.39 is 16.7 Å². The molecule has 1 aromatic heterocycles. The van der Waals surface area contributed by atoms with Gasteiger partial charge in [-0.15, -0.1) is 11.8 Å². The summed E-state index contributed by atoms with van der Waals surface area (Å²) in [5, 5.41) is 13.5. The van der Waals surface area contributed by atoms with Crippen LogP contribution in [0.2, 0.25) is 0 Å². The average molecular weight is 362 g/mol. The standard InChI is InChI=1S/C17H18N2O5S/c20-16(14-6-7-15(24-14)19(21)22)18-12-17(8-10-23-11-9-17)25-13-4-2-1-3-5-13/h1-7H,8-12H2,(H,18,20). The second-order valence-corrected chi connectivity index (χ2v) is 7.33. The summed E-state index contributed by atoms with van der Waals surface area (Å²) in [6.07, 6.45) is 1.62. The number of hydrogen-bond acceptors (Lipinski definition) is 6. The van der Waals surface area contributed by atoms with E-state index in [0.717, 1.165) is 17.7 Å². The molecule has 1 amide bonds. The van der Waals surface area contributed by atoms with E-state index in [1.165, 1.54) is 12.1 Å². The summed E-state index contributed by atoms with van der Waals surface area (Å²) in [5.41, 5.74) is 0. The van der Waals surface area contributed by atoms with Gasteiger partial charge in [-0.2, -0.15) is 0 Å². The third-order valence-corrected chi connectivity index (χ3v) is 5.54. The Kier molecular flexibility index (Phi) is 5.40. The van der Waals surface area contributed by atoms with Gasteiger partial charge in [0.1, 0.15) is 4.92 Å². The first-order valence-electron chi connectivity index (χ1n) is 7.92. The van der Waals surface area contributed by atoms with Crippen LogP contribution in [0.4, 0.5) is 5.88 Å². The molecule has 132 valence electrons. The maximum absolute atomic E-state index is 12.2. The van der Waals surface area contributed by atoms with Crippen molar-refractivity contribution >= 4 is 23.6 Å². The molecule has 25 heavy (non-hydrogen) atoms. The molecule has 7 nitrogen and oxygen atoms in total. The van der Waals surface area contributed by atoms with Crippen molar-refractivity contribution in [3.8, 4) is 0 Å². The predicted molar refractivity (Wildman–Crippen MR) is 92.8 cm³/mol. The lowest BCUT2D eigenvalue weighted by Crippen LogP contribution is -2.44. The minimum absolute atomic E-state index is 0.0568. The molecule has 0 aliphatic carbocycles. The molecule has 2 aromatic rings. The molecule has 3 rings (SSSR count). The smallest absolute Gasteiger partial charge is 0.395 e. The molecule has 0 unspecified atom stereocenters. The molecule has 1 aliphatic rings. The van der Waals surface area contributed by atoms with Crippen LogP contribution in [0.25, 0.3) is 0 Å². The first-order chi connectivity index (χ1) is 12.1. The number of benzene rings is 1. The van der Waals surface area contributed by atoms with Crippen molar-refractivity contribution in [1.82, 2.24) is 5.32 Å². The number of nitrogens with zero attached hydrogens (tertiary/aromatic N) is 1. The van der Waals surface area contributed by atoms with E-state index in [9.17, 15) is 14.9 Å². The van der Waals surface area contributed by atoms with Crippen LogP contribution in [-0.2, 0) is 4.74 Å². The van der Waals surface area contributed by atoms with Gasteiger partial charge in [0.25, 0.3) is 5.91 Å². The Labute approximate surface area is 148 Å². The molecule has 1 fully saturated rings. The van der Waals surface area contributed by atoms with Crippen LogP contribution in [0, 0.1) is 10.1 Å². The number of amides is 1. The van der Waals surface area contributed by atoms with Gasteiger partial charge in [0.05, 0.1) is 6.07 Å². The van der Waals surface area contributed by atoms with E-state index in [4.69, 9.17) is 9.15 Å². The first-order valence-corrected chi connectivity index (χ1v) is 8.74. The van der Waals surface area contributed by atoms with Crippen molar-refractivity contribution in [3.05, 3.63) is 58.3 Å². The minimum atomic E-state index is -0.665. The van der Waals surface area contributed by atoms with Crippen molar-refractivity contribution in [2.24, 2.45) is 0 Å². The molecule has 1 aromatic carbocycles. The quantitative estimate of drug-likeness (QED) is 0.626. The van der Waals surface area contributed by atoms with Crippen LogP contribution in [-0.4, -0.2) is 35.3 Å². The van der Waals surface area contributed by atoms with Gasteiger partial charge >= 0.3 is 5.88 Å². The molecule has 0 radical (unpaired) electrons.